The van der Waals surface area contributed by atoms with Gasteiger partial charge >= 0.3 is 0 Å². The highest BCUT2D eigenvalue weighted by Crippen LogP contribution is 2.21. The van der Waals surface area contributed by atoms with Crippen LogP contribution in [0, 0.1) is 0 Å². The minimum absolute atomic E-state index is 0.138. The van der Waals surface area contributed by atoms with Crippen LogP contribution >= 0.6 is 11.6 Å². The van der Waals surface area contributed by atoms with Gasteiger partial charge in [0.2, 0.25) is 15.9 Å². The van der Waals surface area contributed by atoms with Crippen LogP contribution in [0.5, 0.6) is 5.75 Å². The maximum Gasteiger partial charge on any atom is 0.261 e. The fourth-order valence-electron chi connectivity index (χ4n) is 3.66. The molecule has 2 aromatic carbocycles. The molecule has 1 unspecified atom stereocenters. The van der Waals surface area contributed by atoms with E-state index in [9.17, 15) is 18.0 Å². The van der Waals surface area contributed by atoms with Crippen molar-refractivity contribution in [3.05, 3.63) is 59.1 Å². The standard InChI is InChI=1S/C25H32ClN3O7S/c1-19(25(31)27-11-14-34-2)29(17-20-3-5-21(26)6-4-20)24(30)18-36-22-7-9-23(10-8-22)37(32,33)28-12-15-35-16-13-28/h3-10,19H,11-18H2,1-2H3,(H,27,31). The predicted octanol–water partition coefficient (Wildman–Crippen LogP) is 1.92. The summed E-state index contributed by atoms with van der Waals surface area (Å²) in [6.45, 7) is 3.47. The molecule has 2 amide bonds. The first-order valence-electron chi connectivity index (χ1n) is 11.8. The molecule has 1 fully saturated rings. The average molecular weight is 554 g/mol. The number of hydrogen-bond donors (Lipinski definition) is 1. The average Bonchev–Trinajstić information content (AvgIpc) is 2.91. The fraction of sp³-hybridized carbons (Fsp3) is 0.440. The van der Waals surface area contributed by atoms with E-state index < -0.39 is 22.0 Å². The van der Waals surface area contributed by atoms with Gasteiger partial charge in [0.05, 0.1) is 24.7 Å². The van der Waals surface area contributed by atoms with Gasteiger partial charge in [-0.2, -0.15) is 4.31 Å². The maximum absolute atomic E-state index is 13.2. The highest BCUT2D eigenvalue weighted by molar-refractivity contribution is 7.89. The molecule has 3 rings (SSSR count). The van der Waals surface area contributed by atoms with Gasteiger partial charge in [-0.05, 0) is 48.9 Å². The molecular weight excluding hydrogens is 522 g/mol. The Hall–Kier alpha value is -2.70. The van der Waals surface area contributed by atoms with Crippen LogP contribution in [0.1, 0.15) is 12.5 Å². The van der Waals surface area contributed by atoms with Crippen molar-refractivity contribution in [1.82, 2.24) is 14.5 Å². The highest BCUT2D eigenvalue weighted by atomic mass is 35.5. The van der Waals surface area contributed by atoms with E-state index in [4.69, 9.17) is 25.8 Å². The molecule has 0 bridgehead atoms. The first kappa shape index (κ1) is 28.9. The summed E-state index contributed by atoms with van der Waals surface area (Å²) in [4.78, 5) is 27.4. The maximum atomic E-state index is 13.2. The number of nitrogens with one attached hydrogen (secondary N) is 1. The Kier molecular flexibility index (Phi) is 10.7. The summed E-state index contributed by atoms with van der Waals surface area (Å²) in [5, 5.41) is 3.31. The molecule has 1 N–H and O–H groups in total. The zero-order chi connectivity index (χ0) is 26.8. The van der Waals surface area contributed by atoms with Crippen LogP contribution in [0.2, 0.25) is 5.02 Å². The van der Waals surface area contributed by atoms with Crippen LogP contribution in [0.25, 0.3) is 0 Å². The second kappa shape index (κ2) is 13.7. The van der Waals surface area contributed by atoms with Gasteiger partial charge in [-0.15, -0.1) is 0 Å². The lowest BCUT2D eigenvalue weighted by molar-refractivity contribution is -0.142. The van der Waals surface area contributed by atoms with Gasteiger partial charge in [0.1, 0.15) is 11.8 Å². The lowest BCUT2D eigenvalue weighted by Crippen LogP contribution is -2.49. The SMILES string of the molecule is COCCNC(=O)C(C)N(Cc1ccc(Cl)cc1)C(=O)COc1ccc(S(=O)(=O)N2CCOCC2)cc1. The van der Waals surface area contributed by atoms with Crippen molar-refractivity contribution in [3.63, 3.8) is 0 Å². The van der Waals surface area contributed by atoms with E-state index in [1.165, 1.54) is 40.6 Å². The van der Waals surface area contributed by atoms with E-state index in [0.29, 0.717) is 50.2 Å². The van der Waals surface area contributed by atoms with Crippen molar-refractivity contribution >= 4 is 33.4 Å². The monoisotopic (exact) mass is 553 g/mol. The molecule has 1 aliphatic heterocycles. The summed E-state index contributed by atoms with van der Waals surface area (Å²) in [5.74, 6) is -0.399. The number of sulfonamides is 1. The van der Waals surface area contributed by atoms with E-state index in [0.717, 1.165) is 5.56 Å². The molecule has 12 heteroatoms. The molecule has 1 atom stereocenters. The van der Waals surface area contributed by atoms with Gasteiger partial charge in [-0.1, -0.05) is 23.7 Å². The number of nitrogens with zero attached hydrogens (tertiary/aromatic N) is 2. The van der Waals surface area contributed by atoms with Crippen LogP contribution in [0.4, 0.5) is 0 Å². The zero-order valence-electron chi connectivity index (χ0n) is 20.9. The molecule has 1 saturated heterocycles. The summed E-state index contributed by atoms with van der Waals surface area (Å²) in [5.41, 5.74) is 0.798. The first-order valence-corrected chi connectivity index (χ1v) is 13.7. The molecule has 202 valence electrons. The Morgan fingerprint density at radius 2 is 1.76 bits per heavy atom. The Labute approximate surface area is 222 Å². The van der Waals surface area contributed by atoms with Crippen LogP contribution in [0.15, 0.2) is 53.4 Å². The van der Waals surface area contributed by atoms with E-state index >= 15 is 0 Å². The number of carbonyl (C=O) groups is 2. The smallest absolute Gasteiger partial charge is 0.261 e. The van der Waals surface area contributed by atoms with Crippen molar-refractivity contribution < 1.29 is 32.2 Å². The minimum Gasteiger partial charge on any atom is -0.484 e. The summed E-state index contributed by atoms with van der Waals surface area (Å²) in [6.07, 6.45) is 0. The third-order valence-corrected chi connectivity index (χ3v) is 8.00. The number of hydrogen-bond acceptors (Lipinski definition) is 7. The van der Waals surface area contributed by atoms with E-state index in [-0.39, 0.29) is 24.0 Å². The molecule has 37 heavy (non-hydrogen) atoms. The molecular formula is C25H32ClN3O7S. The summed E-state index contributed by atoms with van der Waals surface area (Å²) < 4.78 is 42.8. The van der Waals surface area contributed by atoms with Gasteiger partial charge < -0.3 is 24.4 Å². The highest BCUT2D eigenvalue weighted by Gasteiger charge is 2.28. The van der Waals surface area contributed by atoms with E-state index in [1.54, 1.807) is 31.2 Å². The molecule has 10 nitrogen and oxygen atoms in total. The minimum atomic E-state index is -3.63. The van der Waals surface area contributed by atoms with Crippen molar-refractivity contribution in [3.8, 4) is 5.75 Å². The molecule has 0 saturated carbocycles. The number of amides is 2. The molecule has 0 aliphatic carbocycles. The summed E-state index contributed by atoms with van der Waals surface area (Å²) in [7, 11) is -2.10. The number of rotatable bonds is 12. The number of carbonyl (C=O) groups excluding carboxylic acids is 2. The van der Waals surface area contributed by atoms with Crippen LogP contribution in [-0.2, 0) is 35.6 Å². The van der Waals surface area contributed by atoms with Gasteiger partial charge in [0.15, 0.2) is 6.61 Å². The topological polar surface area (TPSA) is 114 Å². The third kappa shape index (κ3) is 8.14. The molecule has 0 radical (unpaired) electrons. The number of methoxy groups -OCH3 is 1. The number of halogens is 1. The van der Waals surface area contributed by atoms with Gasteiger partial charge in [0, 0.05) is 38.3 Å². The molecule has 1 aliphatic rings. The van der Waals surface area contributed by atoms with Gasteiger partial charge in [0.25, 0.3) is 5.91 Å². The first-order chi connectivity index (χ1) is 17.7. The van der Waals surface area contributed by atoms with Crippen molar-refractivity contribution in [2.45, 2.75) is 24.4 Å². The summed E-state index contributed by atoms with van der Waals surface area (Å²) >= 11 is 5.97. The lowest BCUT2D eigenvalue weighted by Gasteiger charge is -2.29. The van der Waals surface area contributed by atoms with E-state index in [2.05, 4.69) is 5.32 Å². The molecule has 0 spiro atoms. The van der Waals surface area contributed by atoms with Gasteiger partial charge in [-0.3, -0.25) is 9.59 Å². The largest absolute Gasteiger partial charge is 0.484 e. The molecule has 2 aromatic rings. The molecule has 0 aromatic heterocycles. The summed E-state index contributed by atoms with van der Waals surface area (Å²) in [6, 6.07) is 12.1. The zero-order valence-corrected chi connectivity index (χ0v) is 22.5. The van der Waals surface area contributed by atoms with Crippen molar-refractivity contribution in [1.29, 1.82) is 0 Å². The predicted molar refractivity (Wildman–Crippen MR) is 138 cm³/mol. The second-order valence-corrected chi connectivity index (χ2v) is 10.8. The van der Waals surface area contributed by atoms with Crippen LogP contribution in [-0.4, -0.2) is 88.7 Å². The Morgan fingerprint density at radius 1 is 1.11 bits per heavy atom. The van der Waals surface area contributed by atoms with Gasteiger partial charge in [-0.25, -0.2) is 8.42 Å². The fourth-order valence-corrected chi connectivity index (χ4v) is 5.20. The van der Waals surface area contributed by atoms with E-state index in [1.807, 2.05) is 0 Å². The third-order valence-electron chi connectivity index (χ3n) is 5.83. The lowest BCUT2D eigenvalue weighted by atomic mass is 10.1. The quantitative estimate of drug-likeness (QED) is 0.399. The molecule has 1 heterocycles. The number of morpholine rings is 1. The second-order valence-electron chi connectivity index (χ2n) is 8.38. The van der Waals surface area contributed by atoms with Crippen molar-refractivity contribution in [2.24, 2.45) is 0 Å². The Balaban J connectivity index is 1.67. The number of ether oxygens (including phenoxy) is 3. The number of benzene rings is 2. The Bertz CT molecular complexity index is 1140. The van der Waals surface area contributed by atoms with Crippen molar-refractivity contribution in [2.75, 3.05) is 53.2 Å². The van der Waals surface area contributed by atoms with Crippen LogP contribution < -0.4 is 10.1 Å². The Morgan fingerprint density at radius 3 is 2.38 bits per heavy atom. The normalized spacial score (nSPS) is 15.1. The van der Waals surface area contributed by atoms with Crippen LogP contribution in [0.3, 0.4) is 0 Å².